The van der Waals surface area contributed by atoms with Crippen molar-refractivity contribution in [1.29, 1.82) is 5.41 Å². The molecule has 44 valence electrons. The van der Waals surface area contributed by atoms with Crippen LogP contribution >= 0.6 is 15.9 Å². The zero-order valence-corrected chi connectivity index (χ0v) is 6.33. The zero-order chi connectivity index (χ0) is 6.57. The molecule has 0 fully saturated rings. The Morgan fingerprint density at radius 2 is 2.25 bits per heavy atom. The second-order valence-electron chi connectivity index (χ2n) is 1.42. The summed E-state index contributed by atoms with van der Waals surface area (Å²) >= 11 is 3.17. The third-order valence-corrected chi connectivity index (χ3v) is 1.39. The third-order valence-electron chi connectivity index (χ3n) is 0.761. The Labute approximate surface area is 57.7 Å². The predicted molar refractivity (Wildman–Crippen MR) is 40.6 cm³/mol. The first-order valence-corrected chi connectivity index (χ1v) is 3.00. The van der Waals surface area contributed by atoms with E-state index in [2.05, 4.69) is 22.5 Å². The topological polar surface area (TPSA) is 23.9 Å². The van der Waals surface area contributed by atoms with E-state index in [0.717, 1.165) is 10.1 Å². The number of hydrogen-bond donors (Lipinski definition) is 1. The van der Waals surface area contributed by atoms with Crippen molar-refractivity contribution in [3.05, 3.63) is 22.7 Å². The quantitative estimate of drug-likeness (QED) is 0.491. The minimum absolute atomic E-state index is 0.834. The summed E-state index contributed by atoms with van der Waals surface area (Å²) in [6.07, 6.45) is 2.92. The molecule has 0 spiro atoms. The fraction of sp³-hybridized carbons (Fsp3) is 0.167. The molecule has 0 unspecified atom stereocenters. The Bertz CT molecular complexity index is 135. The van der Waals surface area contributed by atoms with Crippen LogP contribution in [0.5, 0.6) is 0 Å². The van der Waals surface area contributed by atoms with Crippen LogP contribution in [-0.4, -0.2) is 6.21 Å². The lowest BCUT2D eigenvalue weighted by Crippen LogP contribution is -1.71. The molecule has 1 N–H and O–H groups in total. The molecule has 0 amide bonds. The van der Waals surface area contributed by atoms with Gasteiger partial charge in [-0.25, -0.2) is 0 Å². The largest absolute Gasteiger partial charge is 0.309 e. The van der Waals surface area contributed by atoms with Crippen LogP contribution < -0.4 is 0 Å². The number of hydrogen-bond acceptors (Lipinski definition) is 1. The molecule has 2 heteroatoms. The molecular formula is C6H8BrN. The lowest BCUT2D eigenvalue weighted by molar-refractivity contribution is 1.51. The Kier molecular flexibility index (Phi) is 3.44. The van der Waals surface area contributed by atoms with Gasteiger partial charge in [0.25, 0.3) is 0 Å². The molecule has 1 nitrogen and oxygen atoms in total. The Morgan fingerprint density at radius 1 is 1.75 bits per heavy atom. The molecule has 0 radical (unpaired) electrons. The molecule has 0 saturated heterocycles. The molecule has 0 aliphatic carbocycles. The van der Waals surface area contributed by atoms with Gasteiger partial charge in [0.05, 0.1) is 0 Å². The molecule has 0 aromatic carbocycles. The fourth-order valence-corrected chi connectivity index (χ4v) is 0.348. The van der Waals surface area contributed by atoms with Gasteiger partial charge in [0.1, 0.15) is 0 Å². The van der Waals surface area contributed by atoms with Crippen LogP contribution in [0.15, 0.2) is 22.7 Å². The molecule has 0 aliphatic rings. The summed E-state index contributed by atoms with van der Waals surface area (Å²) in [7, 11) is 0. The van der Waals surface area contributed by atoms with Crippen LogP contribution in [-0.2, 0) is 0 Å². The number of halogens is 1. The normalized spacial score (nSPS) is 11.0. The van der Waals surface area contributed by atoms with Crippen molar-refractivity contribution >= 4 is 22.1 Å². The monoisotopic (exact) mass is 173 g/mol. The van der Waals surface area contributed by atoms with Crippen molar-refractivity contribution < 1.29 is 0 Å². The SMILES string of the molecule is C=C(Br)/C(C)=C\C=N. The molecule has 0 aliphatic heterocycles. The molecule has 0 heterocycles. The average molecular weight is 174 g/mol. The molecule has 0 atom stereocenters. The molecule has 0 bridgehead atoms. The summed E-state index contributed by atoms with van der Waals surface area (Å²) in [6.45, 7) is 5.51. The van der Waals surface area contributed by atoms with E-state index in [1.807, 2.05) is 6.92 Å². The van der Waals surface area contributed by atoms with Crippen molar-refractivity contribution in [2.45, 2.75) is 6.92 Å². The van der Waals surface area contributed by atoms with Gasteiger partial charge < -0.3 is 5.41 Å². The first-order valence-electron chi connectivity index (χ1n) is 2.20. The highest BCUT2D eigenvalue weighted by Gasteiger charge is 1.85. The van der Waals surface area contributed by atoms with Gasteiger partial charge in [-0.1, -0.05) is 22.5 Å². The van der Waals surface area contributed by atoms with Crippen molar-refractivity contribution in [3.8, 4) is 0 Å². The van der Waals surface area contributed by atoms with E-state index in [1.165, 1.54) is 6.21 Å². The molecule has 0 aromatic rings. The number of nitrogens with one attached hydrogen (secondary N) is 1. The summed E-state index contributed by atoms with van der Waals surface area (Å²) < 4.78 is 0.834. The van der Waals surface area contributed by atoms with Gasteiger partial charge in [-0.3, -0.25) is 0 Å². The van der Waals surface area contributed by atoms with E-state index in [1.54, 1.807) is 6.08 Å². The molecule has 0 saturated carbocycles. The van der Waals surface area contributed by atoms with Gasteiger partial charge in [-0.2, -0.15) is 0 Å². The number of allylic oxidation sites excluding steroid dienone is 3. The summed E-state index contributed by atoms with van der Waals surface area (Å²) in [5.74, 6) is 0. The lowest BCUT2D eigenvalue weighted by atomic mass is 10.3. The molecular weight excluding hydrogens is 166 g/mol. The second kappa shape index (κ2) is 3.61. The molecule has 0 rings (SSSR count). The maximum absolute atomic E-state index is 6.66. The lowest BCUT2D eigenvalue weighted by Gasteiger charge is -1.90. The summed E-state index contributed by atoms with van der Waals surface area (Å²) in [5, 5.41) is 6.66. The minimum Gasteiger partial charge on any atom is -0.309 e. The van der Waals surface area contributed by atoms with E-state index in [0.29, 0.717) is 0 Å². The minimum atomic E-state index is 0.834. The van der Waals surface area contributed by atoms with Crippen molar-refractivity contribution in [2.24, 2.45) is 0 Å². The van der Waals surface area contributed by atoms with Crippen LogP contribution in [0, 0.1) is 5.41 Å². The second-order valence-corrected chi connectivity index (χ2v) is 2.38. The van der Waals surface area contributed by atoms with E-state index < -0.39 is 0 Å². The van der Waals surface area contributed by atoms with Gasteiger partial charge in [0, 0.05) is 10.7 Å². The Hall–Kier alpha value is -0.370. The smallest absolute Gasteiger partial charge is 0.0180 e. The third kappa shape index (κ3) is 2.75. The van der Waals surface area contributed by atoms with Gasteiger partial charge >= 0.3 is 0 Å². The highest BCUT2D eigenvalue weighted by atomic mass is 79.9. The van der Waals surface area contributed by atoms with Gasteiger partial charge in [-0.05, 0) is 18.6 Å². The summed E-state index contributed by atoms with van der Waals surface area (Å²) in [4.78, 5) is 0. The zero-order valence-electron chi connectivity index (χ0n) is 4.74. The highest BCUT2D eigenvalue weighted by molar-refractivity contribution is 9.11. The van der Waals surface area contributed by atoms with E-state index >= 15 is 0 Å². The molecule has 0 aromatic heterocycles. The van der Waals surface area contributed by atoms with E-state index in [-0.39, 0.29) is 0 Å². The van der Waals surface area contributed by atoms with Crippen LogP contribution in [0.1, 0.15) is 6.92 Å². The van der Waals surface area contributed by atoms with E-state index in [9.17, 15) is 0 Å². The van der Waals surface area contributed by atoms with Crippen LogP contribution in [0.25, 0.3) is 0 Å². The highest BCUT2D eigenvalue weighted by Crippen LogP contribution is 2.11. The molecule has 8 heavy (non-hydrogen) atoms. The van der Waals surface area contributed by atoms with Gasteiger partial charge in [-0.15, -0.1) is 0 Å². The average Bonchev–Trinajstić information content (AvgIpc) is 1.67. The maximum atomic E-state index is 6.66. The van der Waals surface area contributed by atoms with Crippen LogP contribution in [0.2, 0.25) is 0 Å². The van der Waals surface area contributed by atoms with Crippen molar-refractivity contribution in [1.82, 2.24) is 0 Å². The Morgan fingerprint density at radius 3 is 2.38 bits per heavy atom. The standard InChI is InChI=1S/C6H8BrN/c1-5(3-4-8)6(2)7/h3-4,8H,2H2,1H3/b5-3-,8-4?. The van der Waals surface area contributed by atoms with Crippen LogP contribution in [0.3, 0.4) is 0 Å². The van der Waals surface area contributed by atoms with Gasteiger partial charge in [0.15, 0.2) is 0 Å². The summed E-state index contributed by atoms with van der Waals surface area (Å²) in [6, 6.07) is 0. The van der Waals surface area contributed by atoms with Crippen molar-refractivity contribution in [3.63, 3.8) is 0 Å². The number of rotatable bonds is 2. The van der Waals surface area contributed by atoms with Gasteiger partial charge in [0.2, 0.25) is 0 Å². The van der Waals surface area contributed by atoms with Crippen molar-refractivity contribution in [2.75, 3.05) is 0 Å². The Balaban J connectivity index is 3.99. The first kappa shape index (κ1) is 7.63. The fourth-order valence-electron chi connectivity index (χ4n) is 0.215. The summed E-state index contributed by atoms with van der Waals surface area (Å²) in [5.41, 5.74) is 0.986. The van der Waals surface area contributed by atoms with Crippen LogP contribution in [0.4, 0.5) is 0 Å². The first-order chi connectivity index (χ1) is 3.68. The van der Waals surface area contributed by atoms with E-state index in [4.69, 9.17) is 5.41 Å². The maximum Gasteiger partial charge on any atom is 0.0180 e. The predicted octanol–water partition coefficient (Wildman–Crippen LogP) is 2.49.